The fourth-order valence-electron chi connectivity index (χ4n) is 0.862. The van der Waals surface area contributed by atoms with Crippen molar-refractivity contribution in [2.75, 3.05) is 0 Å². The molecule has 0 radical (unpaired) electrons. The minimum absolute atomic E-state index is 0.0752. The molecule has 0 heterocycles. The van der Waals surface area contributed by atoms with E-state index in [1.165, 1.54) is 6.21 Å². The standard InChI is InChI=1S/C11H12ClNO/c1-8(2)11(14)13-7-9-5-3-4-6-10(9)12/h3-8H,1-2H3. The highest BCUT2D eigenvalue weighted by Crippen LogP contribution is 2.12. The maximum atomic E-state index is 11.2. The Morgan fingerprint density at radius 3 is 2.64 bits per heavy atom. The number of benzene rings is 1. The summed E-state index contributed by atoms with van der Waals surface area (Å²) in [6.07, 6.45) is 1.50. The molecule has 0 spiro atoms. The highest BCUT2D eigenvalue weighted by Gasteiger charge is 2.03. The summed E-state index contributed by atoms with van der Waals surface area (Å²) in [4.78, 5) is 15.0. The Kier molecular flexibility index (Phi) is 3.84. The third kappa shape index (κ3) is 2.96. The van der Waals surface area contributed by atoms with Crippen molar-refractivity contribution in [2.45, 2.75) is 13.8 Å². The van der Waals surface area contributed by atoms with Crippen LogP contribution in [0.4, 0.5) is 0 Å². The fourth-order valence-corrected chi connectivity index (χ4v) is 1.05. The van der Waals surface area contributed by atoms with Crippen LogP contribution in [-0.2, 0) is 4.79 Å². The van der Waals surface area contributed by atoms with Gasteiger partial charge >= 0.3 is 0 Å². The minimum Gasteiger partial charge on any atom is -0.272 e. The zero-order valence-corrected chi connectivity index (χ0v) is 8.95. The number of rotatable bonds is 2. The molecular formula is C11H12ClNO. The van der Waals surface area contributed by atoms with Gasteiger partial charge in [0.25, 0.3) is 0 Å². The molecule has 0 atom stereocenters. The van der Waals surface area contributed by atoms with E-state index in [-0.39, 0.29) is 11.8 Å². The molecule has 0 saturated carbocycles. The normalized spacial score (nSPS) is 11.1. The van der Waals surface area contributed by atoms with E-state index in [9.17, 15) is 4.79 Å². The molecule has 0 unspecified atom stereocenters. The summed E-state index contributed by atoms with van der Waals surface area (Å²) in [5, 5.41) is 0.604. The minimum atomic E-state index is -0.134. The molecule has 0 bridgehead atoms. The summed E-state index contributed by atoms with van der Waals surface area (Å²) in [5.74, 6) is -0.210. The maximum absolute atomic E-state index is 11.2. The van der Waals surface area contributed by atoms with Gasteiger partial charge in [0.05, 0.1) is 0 Å². The van der Waals surface area contributed by atoms with Crippen molar-refractivity contribution in [1.29, 1.82) is 0 Å². The van der Waals surface area contributed by atoms with Crippen LogP contribution in [0.5, 0.6) is 0 Å². The Hall–Kier alpha value is -1.15. The van der Waals surface area contributed by atoms with Gasteiger partial charge < -0.3 is 0 Å². The molecule has 0 aliphatic rings. The largest absolute Gasteiger partial charge is 0.272 e. The van der Waals surface area contributed by atoms with E-state index in [0.29, 0.717) is 5.02 Å². The number of hydrogen-bond acceptors (Lipinski definition) is 1. The zero-order valence-electron chi connectivity index (χ0n) is 8.20. The lowest BCUT2D eigenvalue weighted by atomic mass is 10.2. The van der Waals surface area contributed by atoms with E-state index < -0.39 is 0 Å². The first-order chi connectivity index (χ1) is 6.61. The fraction of sp³-hybridized carbons (Fsp3) is 0.273. The van der Waals surface area contributed by atoms with Gasteiger partial charge in [0.2, 0.25) is 5.91 Å². The molecule has 0 aromatic heterocycles. The number of carbonyl (C=O) groups is 1. The van der Waals surface area contributed by atoms with Crippen molar-refractivity contribution in [3.63, 3.8) is 0 Å². The first-order valence-electron chi connectivity index (χ1n) is 4.43. The SMILES string of the molecule is CC(C)C(=O)N=Cc1ccccc1Cl. The second kappa shape index (κ2) is 4.91. The Bertz CT molecular complexity index is 358. The molecule has 0 aliphatic heterocycles. The van der Waals surface area contributed by atoms with E-state index in [4.69, 9.17) is 11.6 Å². The zero-order chi connectivity index (χ0) is 10.6. The van der Waals surface area contributed by atoms with E-state index in [0.717, 1.165) is 5.56 Å². The van der Waals surface area contributed by atoms with Crippen LogP contribution in [0.1, 0.15) is 19.4 Å². The van der Waals surface area contributed by atoms with Gasteiger partial charge in [-0.05, 0) is 6.07 Å². The summed E-state index contributed by atoms with van der Waals surface area (Å²) in [6.45, 7) is 3.62. The predicted octanol–water partition coefficient (Wildman–Crippen LogP) is 2.94. The van der Waals surface area contributed by atoms with Crippen LogP contribution in [0.2, 0.25) is 5.02 Å². The summed E-state index contributed by atoms with van der Waals surface area (Å²) >= 11 is 5.88. The Morgan fingerprint density at radius 1 is 1.43 bits per heavy atom. The third-order valence-electron chi connectivity index (χ3n) is 1.73. The van der Waals surface area contributed by atoms with Crippen LogP contribution in [0.25, 0.3) is 0 Å². The smallest absolute Gasteiger partial charge is 0.248 e. The third-order valence-corrected chi connectivity index (χ3v) is 2.07. The van der Waals surface area contributed by atoms with Crippen LogP contribution >= 0.6 is 11.6 Å². The lowest BCUT2D eigenvalue weighted by molar-refractivity contribution is -0.120. The van der Waals surface area contributed by atoms with E-state index in [1.807, 2.05) is 32.0 Å². The Balaban J connectivity index is 2.79. The second-order valence-corrected chi connectivity index (χ2v) is 3.68. The van der Waals surface area contributed by atoms with Crippen LogP contribution in [-0.4, -0.2) is 12.1 Å². The number of halogens is 1. The quantitative estimate of drug-likeness (QED) is 0.689. The van der Waals surface area contributed by atoms with Crippen LogP contribution in [0, 0.1) is 5.92 Å². The molecule has 3 heteroatoms. The Morgan fingerprint density at radius 2 is 2.07 bits per heavy atom. The predicted molar refractivity (Wildman–Crippen MR) is 58.9 cm³/mol. The summed E-state index contributed by atoms with van der Waals surface area (Å²) in [5.41, 5.74) is 0.767. The molecular weight excluding hydrogens is 198 g/mol. The first kappa shape index (κ1) is 10.9. The number of carbonyl (C=O) groups excluding carboxylic acids is 1. The van der Waals surface area contributed by atoms with Crippen molar-refractivity contribution in [3.05, 3.63) is 34.9 Å². The molecule has 1 rings (SSSR count). The van der Waals surface area contributed by atoms with Crippen LogP contribution in [0.3, 0.4) is 0 Å². The van der Waals surface area contributed by atoms with Gasteiger partial charge in [0, 0.05) is 22.7 Å². The average molecular weight is 210 g/mol. The lowest BCUT2D eigenvalue weighted by Crippen LogP contribution is -2.03. The highest BCUT2D eigenvalue weighted by atomic mass is 35.5. The van der Waals surface area contributed by atoms with Gasteiger partial charge in [0.15, 0.2) is 0 Å². The van der Waals surface area contributed by atoms with Gasteiger partial charge in [-0.2, -0.15) is 0 Å². The Labute approximate surface area is 88.6 Å². The molecule has 2 nitrogen and oxygen atoms in total. The van der Waals surface area contributed by atoms with Gasteiger partial charge in [-0.3, -0.25) is 4.79 Å². The number of hydrogen-bond donors (Lipinski definition) is 0. The molecule has 14 heavy (non-hydrogen) atoms. The van der Waals surface area contributed by atoms with E-state index in [1.54, 1.807) is 6.07 Å². The number of nitrogens with zero attached hydrogens (tertiary/aromatic N) is 1. The summed E-state index contributed by atoms with van der Waals surface area (Å²) in [7, 11) is 0. The van der Waals surface area contributed by atoms with E-state index in [2.05, 4.69) is 4.99 Å². The van der Waals surface area contributed by atoms with Gasteiger partial charge in [-0.25, -0.2) is 4.99 Å². The molecule has 74 valence electrons. The van der Waals surface area contributed by atoms with E-state index >= 15 is 0 Å². The van der Waals surface area contributed by atoms with Crippen molar-refractivity contribution in [1.82, 2.24) is 0 Å². The molecule has 0 fully saturated rings. The lowest BCUT2D eigenvalue weighted by Gasteiger charge is -1.97. The van der Waals surface area contributed by atoms with Gasteiger partial charge in [-0.15, -0.1) is 0 Å². The van der Waals surface area contributed by atoms with Crippen molar-refractivity contribution in [2.24, 2.45) is 10.9 Å². The number of amides is 1. The molecule has 0 saturated heterocycles. The molecule has 1 aromatic carbocycles. The summed E-state index contributed by atoms with van der Waals surface area (Å²) < 4.78 is 0. The molecule has 1 amide bonds. The van der Waals surface area contributed by atoms with Gasteiger partial charge in [0.1, 0.15) is 0 Å². The van der Waals surface area contributed by atoms with Crippen LogP contribution in [0.15, 0.2) is 29.3 Å². The summed E-state index contributed by atoms with van der Waals surface area (Å²) in [6, 6.07) is 7.28. The van der Waals surface area contributed by atoms with Crippen molar-refractivity contribution >= 4 is 23.7 Å². The topological polar surface area (TPSA) is 29.4 Å². The maximum Gasteiger partial charge on any atom is 0.248 e. The monoisotopic (exact) mass is 209 g/mol. The number of aliphatic imine (C=N–C) groups is 1. The second-order valence-electron chi connectivity index (χ2n) is 3.27. The van der Waals surface area contributed by atoms with Crippen molar-refractivity contribution in [3.8, 4) is 0 Å². The van der Waals surface area contributed by atoms with Crippen molar-refractivity contribution < 1.29 is 4.79 Å². The molecule has 1 aromatic rings. The molecule has 0 aliphatic carbocycles. The highest BCUT2D eigenvalue weighted by molar-refractivity contribution is 6.33. The van der Waals surface area contributed by atoms with Crippen LogP contribution < -0.4 is 0 Å². The van der Waals surface area contributed by atoms with Gasteiger partial charge in [-0.1, -0.05) is 43.6 Å². The first-order valence-corrected chi connectivity index (χ1v) is 4.81. The average Bonchev–Trinajstić information content (AvgIpc) is 2.16. The molecule has 0 N–H and O–H groups in total.